The number of alkyl halides is 4. The molecule has 16 heteroatoms. The summed E-state index contributed by atoms with van der Waals surface area (Å²) in [6.45, 7) is 1.36. The third-order valence-electron chi connectivity index (χ3n) is 7.42. The Hall–Kier alpha value is -3.82. The van der Waals surface area contributed by atoms with Crippen molar-refractivity contribution in [3.8, 4) is 0 Å². The summed E-state index contributed by atoms with van der Waals surface area (Å²) in [4.78, 5) is 31.3. The molecule has 0 spiro atoms. The molecule has 3 amide bonds. The van der Waals surface area contributed by atoms with Gasteiger partial charge in [-0.2, -0.15) is 5.10 Å². The molecule has 0 bridgehead atoms. The van der Waals surface area contributed by atoms with Gasteiger partial charge in [0.1, 0.15) is 11.7 Å². The first-order valence-electron chi connectivity index (χ1n) is 12.7. The topological polar surface area (TPSA) is 140 Å². The second kappa shape index (κ2) is 11.0. The second-order valence-electron chi connectivity index (χ2n) is 10.1. The number of aryl methyl sites for hydroxylation is 1. The van der Waals surface area contributed by atoms with E-state index in [4.69, 9.17) is 4.74 Å². The van der Waals surface area contributed by atoms with Crippen LogP contribution in [0.4, 0.5) is 22.4 Å². The van der Waals surface area contributed by atoms with E-state index in [1.165, 1.54) is 22.7 Å². The standard InChI is InChI=1S/C24H28F4N8O4/c1-12-19(34-40-33-12)22(37)32-20(13-3-5-24(27,28)6-4-13)15-10-36-18(30-15)7-14(8-29-36)17(11-39-2)35-9-16(21(25)26)31-23(35)38/h7-8,10,13,16-17,20-21H,3-6,9,11H2,1-2H3,(H,31,38)(H,32,37)/t16?,17-,20+/m1/s1. The summed E-state index contributed by atoms with van der Waals surface area (Å²) in [7, 11) is 1.43. The van der Waals surface area contributed by atoms with Gasteiger partial charge in [-0.05, 0) is 36.9 Å². The first kappa shape index (κ1) is 27.7. The number of rotatable bonds is 9. The van der Waals surface area contributed by atoms with Crippen LogP contribution in [0, 0.1) is 12.8 Å². The van der Waals surface area contributed by atoms with Crippen LogP contribution in [0.3, 0.4) is 0 Å². The quantitative estimate of drug-likeness (QED) is 0.376. The monoisotopic (exact) mass is 568 g/mol. The van der Waals surface area contributed by atoms with Crippen molar-refractivity contribution in [2.75, 3.05) is 20.3 Å². The Labute approximate surface area is 225 Å². The number of urea groups is 1. The van der Waals surface area contributed by atoms with Crippen molar-refractivity contribution >= 4 is 17.6 Å². The molecule has 0 aromatic carbocycles. The number of nitrogens with zero attached hydrogens (tertiary/aromatic N) is 6. The summed E-state index contributed by atoms with van der Waals surface area (Å²) in [6, 6.07) is -1.77. The SMILES string of the molecule is COC[C@H](c1cnn2cc([C@@H](NC(=O)c3nonc3C)C3CCC(F)(F)CC3)nc2c1)N1CC(C(F)F)NC1=O. The van der Waals surface area contributed by atoms with E-state index in [1.54, 1.807) is 19.2 Å². The average molecular weight is 569 g/mol. The summed E-state index contributed by atoms with van der Waals surface area (Å²) in [6.07, 6.45) is 0.0189. The summed E-state index contributed by atoms with van der Waals surface area (Å²) in [5.74, 6) is -3.69. The molecule has 0 radical (unpaired) electrons. The van der Waals surface area contributed by atoms with E-state index in [0.29, 0.717) is 16.9 Å². The maximum absolute atomic E-state index is 13.9. The molecule has 2 aliphatic rings. The lowest BCUT2D eigenvalue weighted by Gasteiger charge is -2.33. The van der Waals surface area contributed by atoms with Crippen LogP contribution in [0.5, 0.6) is 0 Å². The summed E-state index contributed by atoms with van der Waals surface area (Å²) >= 11 is 0. The Morgan fingerprint density at radius 2 is 2.05 bits per heavy atom. The maximum Gasteiger partial charge on any atom is 0.318 e. The van der Waals surface area contributed by atoms with Crippen molar-refractivity contribution in [1.82, 2.24) is 40.4 Å². The number of ether oxygens (including phenoxy) is 1. The van der Waals surface area contributed by atoms with Crippen molar-refractivity contribution in [2.45, 2.75) is 63.1 Å². The summed E-state index contributed by atoms with van der Waals surface area (Å²) in [5, 5.41) is 16.7. The minimum absolute atomic E-state index is 0.0227. The first-order valence-corrected chi connectivity index (χ1v) is 12.7. The van der Waals surface area contributed by atoms with E-state index in [0.717, 1.165) is 0 Å². The number of methoxy groups -OCH3 is 1. The highest BCUT2D eigenvalue weighted by molar-refractivity contribution is 5.93. The number of nitrogens with one attached hydrogen (secondary N) is 2. The normalized spacial score (nSPS) is 21.1. The predicted octanol–water partition coefficient (Wildman–Crippen LogP) is 3.06. The fraction of sp³-hybridized carbons (Fsp3) is 0.583. The van der Waals surface area contributed by atoms with Gasteiger partial charge in [0.25, 0.3) is 12.3 Å². The van der Waals surface area contributed by atoms with Gasteiger partial charge in [-0.1, -0.05) is 5.16 Å². The van der Waals surface area contributed by atoms with Crippen molar-refractivity contribution < 1.29 is 36.5 Å². The summed E-state index contributed by atoms with van der Waals surface area (Å²) in [5.41, 5.74) is 1.49. The lowest BCUT2D eigenvalue weighted by atomic mass is 9.81. The van der Waals surface area contributed by atoms with Crippen LogP contribution in [0.15, 0.2) is 23.1 Å². The number of hydrogen-bond acceptors (Lipinski definition) is 8. The fourth-order valence-electron chi connectivity index (χ4n) is 5.24. The van der Waals surface area contributed by atoms with Crippen LogP contribution in [0.25, 0.3) is 5.65 Å². The summed E-state index contributed by atoms with van der Waals surface area (Å²) < 4.78 is 65.7. The van der Waals surface area contributed by atoms with Crippen LogP contribution in [0.2, 0.25) is 0 Å². The minimum atomic E-state index is -2.77. The Morgan fingerprint density at radius 3 is 2.67 bits per heavy atom. The first-order chi connectivity index (χ1) is 19.1. The molecule has 2 fully saturated rings. The van der Waals surface area contributed by atoms with Crippen molar-refractivity contribution in [3.63, 3.8) is 0 Å². The number of fused-ring (bicyclic) bond motifs is 1. The van der Waals surface area contributed by atoms with Gasteiger partial charge >= 0.3 is 6.03 Å². The van der Waals surface area contributed by atoms with Gasteiger partial charge in [-0.25, -0.2) is 36.5 Å². The third-order valence-corrected chi connectivity index (χ3v) is 7.42. The second-order valence-corrected chi connectivity index (χ2v) is 10.1. The van der Waals surface area contributed by atoms with E-state index >= 15 is 0 Å². The zero-order chi connectivity index (χ0) is 28.6. The van der Waals surface area contributed by atoms with E-state index in [9.17, 15) is 27.2 Å². The molecule has 1 saturated carbocycles. The number of amides is 3. The number of hydrogen-bond donors (Lipinski definition) is 2. The fourth-order valence-corrected chi connectivity index (χ4v) is 5.24. The Kier molecular flexibility index (Phi) is 7.61. The van der Waals surface area contributed by atoms with Gasteiger partial charge in [-0.3, -0.25) is 4.79 Å². The van der Waals surface area contributed by atoms with E-state index in [1.807, 2.05) is 0 Å². The zero-order valence-corrected chi connectivity index (χ0v) is 21.7. The number of aromatic nitrogens is 5. The van der Waals surface area contributed by atoms with E-state index in [-0.39, 0.29) is 56.1 Å². The van der Waals surface area contributed by atoms with Gasteiger partial charge in [0.2, 0.25) is 5.92 Å². The van der Waals surface area contributed by atoms with Crippen LogP contribution >= 0.6 is 0 Å². The minimum Gasteiger partial charge on any atom is -0.382 e. The molecular formula is C24H28F4N8O4. The molecule has 12 nitrogen and oxygen atoms in total. The van der Waals surface area contributed by atoms with E-state index in [2.05, 4.69) is 35.7 Å². The third kappa shape index (κ3) is 5.57. The van der Waals surface area contributed by atoms with Gasteiger partial charge in [0.15, 0.2) is 11.3 Å². The molecule has 3 atom stereocenters. The molecule has 1 unspecified atom stereocenters. The van der Waals surface area contributed by atoms with Crippen molar-refractivity contribution in [3.05, 3.63) is 41.1 Å². The zero-order valence-electron chi connectivity index (χ0n) is 21.7. The van der Waals surface area contributed by atoms with Crippen molar-refractivity contribution in [1.29, 1.82) is 0 Å². The van der Waals surface area contributed by atoms with Crippen LogP contribution in [0.1, 0.15) is 65.2 Å². The van der Waals surface area contributed by atoms with Crippen molar-refractivity contribution in [2.24, 2.45) is 5.92 Å². The largest absolute Gasteiger partial charge is 0.382 e. The molecular weight excluding hydrogens is 540 g/mol. The molecule has 5 rings (SSSR count). The maximum atomic E-state index is 13.9. The molecule has 3 aromatic rings. The highest BCUT2D eigenvalue weighted by atomic mass is 19.3. The van der Waals surface area contributed by atoms with E-state index < -0.39 is 42.4 Å². The molecule has 1 aliphatic heterocycles. The van der Waals surface area contributed by atoms with Crippen LogP contribution in [-0.2, 0) is 4.74 Å². The van der Waals surface area contributed by atoms with Gasteiger partial charge in [0.05, 0.1) is 36.8 Å². The highest BCUT2D eigenvalue weighted by Crippen LogP contribution is 2.41. The molecule has 40 heavy (non-hydrogen) atoms. The number of halogens is 4. The highest BCUT2D eigenvalue weighted by Gasteiger charge is 2.41. The molecule has 1 aliphatic carbocycles. The smallest absolute Gasteiger partial charge is 0.318 e. The van der Waals surface area contributed by atoms with Crippen LogP contribution in [-0.4, -0.2) is 80.4 Å². The number of carbonyl (C=O) groups excluding carboxylic acids is 2. The van der Waals surface area contributed by atoms with Gasteiger partial charge in [0, 0.05) is 32.1 Å². The molecule has 3 aromatic heterocycles. The molecule has 1 saturated heterocycles. The Balaban J connectivity index is 1.45. The lowest BCUT2D eigenvalue weighted by molar-refractivity contribution is -0.0495. The Morgan fingerprint density at radius 1 is 1.30 bits per heavy atom. The van der Waals surface area contributed by atoms with Gasteiger partial charge < -0.3 is 20.3 Å². The predicted molar refractivity (Wildman–Crippen MR) is 129 cm³/mol. The molecule has 2 N–H and O–H groups in total. The Bertz CT molecular complexity index is 1370. The van der Waals surface area contributed by atoms with Crippen LogP contribution < -0.4 is 10.6 Å². The number of imidazole rings is 1. The van der Waals surface area contributed by atoms with Gasteiger partial charge in [-0.15, -0.1) is 0 Å². The lowest BCUT2D eigenvalue weighted by Crippen LogP contribution is -2.37. The molecule has 216 valence electrons. The number of carbonyl (C=O) groups is 2. The molecule has 4 heterocycles. The average Bonchev–Trinajstić information content (AvgIpc) is 3.63.